The van der Waals surface area contributed by atoms with E-state index in [1.807, 2.05) is 11.8 Å². The van der Waals surface area contributed by atoms with Gasteiger partial charge in [0.25, 0.3) is 5.91 Å². The summed E-state index contributed by atoms with van der Waals surface area (Å²) in [6.07, 6.45) is 0.987. The molecule has 5 nitrogen and oxygen atoms in total. The second-order valence-corrected chi connectivity index (χ2v) is 4.56. The summed E-state index contributed by atoms with van der Waals surface area (Å²) in [4.78, 5) is 13.7. The van der Waals surface area contributed by atoms with E-state index in [9.17, 15) is 4.79 Å². The number of likely N-dealkylation sites (tertiary alicyclic amines) is 1. The smallest absolute Gasteiger partial charge is 0.275 e. The Kier molecular flexibility index (Phi) is 2.97. The van der Waals surface area contributed by atoms with Gasteiger partial charge in [0.1, 0.15) is 0 Å². The molecule has 1 aliphatic heterocycles. The van der Waals surface area contributed by atoms with Crippen LogP contribution in [0.3, 0.4) is 0 Å². The van der Waals surface area contributed by atoms with Gasteiger partial charge in [0.2, 0.25) is 0 Å². The van der Waals surface area contributed by atoms with Crippen LogP contribution in [0.5, 0.6) is 0 Å². The molecule has 1 saturated heterocycles. The van der Waals surface area contributed by atoms with Crippen molar-refractivity contribution in [2.75, 3.05) is 13.1 Å². The first-order valence-electron chi connectivity index (χ1n) is 5.00. The third-order valence-electron chi connectivity index (χ3n) is 2.83. The van der Waals surface area contributed by atoms with E-state index in [1.54, 1.807) is 5.38 Å². The lowest BCUT2D eigenvalue weighted by atomic mass is 10.0. The predicted octanol–water partition coefficient (Wildman–Crippen LogP) is 0.347. The van der Waals surface area contributed by atoms with E-state index in [4.69, 9.17) is 5.73 Å². The van der Waals surface area contributed by atoms with Crippen molar-refractivity contribution in [2.24, 2.45) is 11.7 Å². The van der Waals surface area contributed by atoms with E-state index in [2.05, 4.69) is 9.59 Å². The van der Waals surface area contributed by atoms with E-state index in [1.165, 1.54) is 11.5 Å². The molecule has 0 bridgehead atoms. The molecule has 0 spiro atoms. The van der Waals surface area contributed by atoms with Crippen molar-refractivity contribution in [1.82, 2.24) is 14.5 Å². The minimum absolute atomic E-state index is 0.0214. The normalized spacial score (nSPS) is 23.1. The standard InChI is InChI=1S/C9H14N4OS/c1-6(10)7-2-3-13(4-7)9(14)8-5-15-12-11-8/h5-7H,2-4,10H2,1H3. The van der Waals surface area contributed by atoms with Gasteiger partial charge in [0, 0.05) is 24.5 Å². The molecule has 6 heteroatoms. The van der Waals surface area contributed by atoms with Crippen LogP contribution >= 0.6 is 11.5 Å². The summed E-state index contributed by atoms with van der Waals surface area (Å²) < 4.78 is 3.69. The number of rotatable bonds is 2. The molecule has 0 aromatic carbocycles. The van der Waals surface area contributed by atoms with Gasteiger partial charge >= 0.3 is 0 Å². The monoisotopic (exact) mass is 226 g/mol. The van der Waals surface area contributed by atoms with Gasteiger partial charge in [-0.2, -0.15) is 0 Å². The van der Waals surface area contributed by atoms with Gasteiger partial charge in [-0.15, -0.1) is 5.10 Å². The van der Waals surface area contributed by atoms with Gasteiger partial charge in [-0.25, -0.2) is 0 Å². The van der Waals surface area contributed by atoms with E-state index in [-0.39, 0.29) is 11.9 Å². The number of amides is 1. The number of nitrogens with two attached hydrogens (primary N) is 1. The summed E-state index contributed by atoms with van der Waals surface area (Å²) >= 11 is 1.20. The number of carbonyl (C=O) groups is 1. The van der Waals surface area contributed by atoms with Crippen molar-refractivity contribution >= 4 is 17.4 Å². The third-order valence-corrected chi connectivity index (χ3v) is 3.34. The van der Waals surface area contributed by atoms with Gasteiger partial charge in [0.15, 0.2) is 5.69 Å². The molecular weight excluding hydrogens is 212 g/mol. The zero-order valence-corrected chi connectivity index (χ0v) is 9.41. The Balaban J connectivity index is 1.99. The molecule has 2 atom stereocenters. The highest BCUT2D eigenvalue weighted by atomic mass is 32.1. The summed E-state index contributed by atoms with van der Waals surface area (Å²) in [5, 5.41) is 5.46. The molecule has 0 saturated carbocycles. The molecule has 2 heterocycles. The Bertz CT molecular complexity index is 338. The molecule has 2 unspecified atom stereocenters. The van der Waals surface area contributed by atoms with Crippen LogP contribution in [-0.2, 0) is 0 Å². The molecule has 1 aliphatic rings. The fourth-order valence-electron chi connectivity index (χ4n) is 1.82. The molecule has 0 aliphatic carbocycles. The first kappa shape index (κ1) is 10.5. The van der Waals surface area contributed by atoms with E-state index in [0.717, 1.165) is 19.5 Å². The number of nitrogens with zero attached hydrogens (tertiary/aromatic N) is 3. The molecule has 1 fully saturated rings. The van der Waals surface area contributed by atoms with Gasteiger partial charge in [-0.1, -0.05) is 4.49 Å². The molecule has 15 heavy (non-hydrogen) atoms. The molecule has 1 amide bonds. The second kappa shape index (κ2) is 4.24. The zero-order valence-electron chi connectivity index (χ0n) is 8.59. The summed E-state index contributed by atoms with van der Waals surface area (Å²) in [6.45, 7) is 3.51. The van der Waals surface area contributed by atoms with Crippen molar-refractivity contribution in [3.05, 3.63) is 11.1 Å². The third kappa shape index (κ3) is 2.15. The predicted molar refractivity (Wildman–Crippen MR) is 57.6 cm³/mol. The Labute approximate surface area is 92.4 Å². The van der Waals surface area contributed by atoms with Gasteiger partial charge in [-0.05, 0) is 30.8 Å². The average molecular weight is 226 g/mol. The Morgan fingerprint density at radius 3 is 3.13 bits per heavy atom. The van der Waals surface area contributed by atoms with Crippen LogP contribution in [0, 0.1) is 5.92 Å². The highest BCUT2D eigenvalue weighted by Gasteiger charge is 2.29. The van der Waals surface area contributed by atoms with Crippen LogP contribution in [0.4, 0.5) is 0 Å². The fourth-order valence-corrected chi connectivity index (χ4v) is 2.25. The lowest BCUT2D eigenvalue weighted by Crippen LogP contribution is -2.33. The van der Waals surface area contributed by atoms with Gasteiger partial charge in [0.05, 0.1) is 0 Å². The van der Waals surface area contributed by atoms with E-state index >= 15 is 0 Å². The molecular formula is C9H14N4OS. The van der Waals surface area contributed by atoms with Crippen molar-refractivity contribution in [2.45, 2.75) is 19.4 Å². The Hall–Kier alpha value is -1.01. The summed E-state index contributed by atoms with van der Waals surface area (Å²) in [7, 11) is 0. The SMILES string of the molecule is CC(N)C1CCN(C(=O)c2csnn2)C1. The highest BCUT2D eigenvalue weighted by molar-refractivity contribution is 7.03. The summed E-state index contributed by atoms with van der Waals surface area (Å²) in [6, 6.07) is 0.149. The van der Waals surface area contributed by atoms with Crippen molar-refractivity contribution in [3.63, 3.8) is 0 Å². The molecule has 2 N–H and O–H groups in total. The Morgan fingerprint density at radius 2 is 2.60 bits per heavy atom. The quantitative estimate of drug-likeness (QED) is 0.789. The van der Waals surface area contributed by atoms with E-state index in [0.29, 0.717) is 11.6 Å². The number of aromatic nitrogens is 2. The number of carbonyl (C=O) groups excluding carboxylic acids is 1. The maximum absolute atomic E-state index is 11.9. The van der Waals surface area contributed by atoms with Crippen molar-refractivity contribution in [3.8, 4) is 0 Å². The summed E-state index contributed by atoms with van der Waals surface area (Å²) in [5.41, 5.74) is 6.26. The minimum Gasteiger partial charge on any atom is -0.337 e. The van der Waals surface area contributed by atoms with Crippen LogP contribution in [0.2, 0.25) is 0 Å². The van der Waals surface area contributed by atoms with Gasteiger partial charge in [-0.3, -0.25) is 4.79 Å². The highest BCUT2D eigenvalue weighted by Crippen LogP contribution is 2.20. The molecule has 0 radical (unpaired) electrons. The second-order valence-electron chi connectivity index (χ2n) is 3.95. The minimum atomic E-state index is -0.0214. The first-order valence-corrected chi connectivity index (χ1v) is 5.84. The zero-order chi connectivity index (χ0) is 10.8. The van der Waals surface area contributed by atoms with Crippen LogP contribution in [0.15, 0.2) is 5.38 Å². The van der Waals surface area contributed by atoms with Crippen LogP contribution < -0.4 is 5.73 Å². The number of hydrogen-bond acceptors (Lipinski definition) is 5. The lowest BCUT2D eigenvalue weighted by Gasteiger charge is -2.16. The van der Waals surface area contributed by atoms with Crippen molar-refractivity contribution in [1.29, 1.82) is 0 Å². The summed E-state index contributed by atoms with van der Waals surface area (Å²) in [5.74, 6) is 0.396. The topological polar surface area (TPSA) is 72.1 Å². The van der Waals surface area contributed by atoms with E-state index < -0.39 is 0 Å². The van der Waals surface area contributed by atoms with Crippen LogP contribution in [0.25, 0.3) is 0 Å². The van der Waals surface area contributed by atoms with Crippen molar-refractivity contribution < 1.29 is 4.79 Å². The number of hydrogen-bond donors (Lipinski definition) is 1. The van der Waals surface area contributed by atoms with Crippen LogP contribution in [0.1, 0.15) is 23.8 Å². The lowest BCUT2D eigenvalue weighted by molar-refractivity contribution is 0.0780. The van der Waals surface area contributed by atoms with Crippen LogP contribution in [-0.4, -0.2) is 39.5 Å². The maximum Gasteiger partial charge on any atom is 0.275 e. The molecule has 82 valence electrons. The maximum atomic E-state index is 11.9. The largest absolute Gasteiger partial charge is 0.337 e. The average Bonchev–Trinajstić information content (AvgIpc) is 2.88. The molecule has 2 rings (SSSR count). The molecule has 1 aromatic heterocycles. The Morgan fingerprint density at radius 1 is 1.80 bits per heavy atom. The van der Waals surface area contributed by atoms with Gasteiger partial charge < -0.3 is 10.6 Å². The molecule has 1 aromatic rings. The fraction of sp³-hybridized carbons (Fsp3) is 0.667. The first-order chi connectivity index (χ1) is 7.18.